The van der Waals surface area contributed by atoms with E-state index in [1.807, 2.05) is 64.1 Å². The minimum atomic E-state index is -0.631. The van der Waals surface area contributed by atoms with E-state index in [1.54, 1.807) is 24.3 Å². The van der Waals surface area contributed by atoms with Gasteiger partial charge >= 0.3 is 23.9 Å². The standard InChI is InChI=1S/2C28H32N2O6/c2*1-15-7-18-8-17(3-4-22(18)28(34)36-15)25(31)12-29-10-20-9-19(29)11-30(20)13-26(32)21-5-6-23-24(16(21)2)14-35-27(23)33/h2*3-6,8,15,19-20,25-26,31-32H,7,9-14H2,1-2H3/t15-,19+,20+,25+,26+;15-,19+,20+,25-,26+/m11/s1. The van der Waals surface area contributed by atoms with Gasteiger partial charge in [-0.3, -0.25) is 19.6 Å². The molecule has 16 nitrogen and oxygen atoms in total. The summed E-state index contributed by atoms with van der Waals surface area (Å²) in [6, 6.07) is 19.7. The van der Waals surface area contributed by atoms with Crippen molar-refractivity contribution in [3.05, 3.63) is 139 Å². The fraction of sp³-hybridized carbons (Fsp3) is 0.500. The van der Waals surface area contributed by atoms with Gasteiger partial charge in [0.05, 0.1) is 46.7 Å². The molecular formula is C56H64N4O12. The number of likely N-dealkylation sites (tertiary alicyclic amines) is 4. The fourth-order valence-electron chi connectivity index (χ4n) is 12.9. The number of nitrogens with zero attached hydrogens (tertiary/aromatic N) is 4. The van der Waals surface area contributed by atoms with E-state index in [-0.39, 0.29) is 49.3 Å². The highest BCUT2D eigenvalue weighted by molar-refractivity contribution is 5.95. The van der Waals surface area contributed by atoms with E-state index >= 15 is 0 Å². The Balaban J connectivity index is 0.000000156. The van der Waals surface area contributed by atoms with E-state index in [0.29, 0.717) is 85.4 Å². The lowest BCUT2D eigenvalue weighted by Crippen LogP contribution is -2.48. The van der Waals surface area contributed by atoms with Gasteiger partial charge in [0.25, 0.3) is 0 Å². The van der Waals surface area contributed by atoms with Crippen molar-refractivity contribution < 1.29 is 58.6 Å². The maximum absolute atomic E-state index is 12.1. The number of hydrogen-bond donors (Lipinski definition) is 4. The maximum atomic E-state index is 12.1. The number of piperazine rings is 2. The summed E-state index contributed by atoms with van der Waals surface area (Å²) in [6.45, 7) is 13.8. The van der Waals surface area contributed by atoms with E-state index in [4.69, 9.17) is 18.9 Å². The average molecular weight is 985 g/mol. The first-order chi connectivity index (χ1) is 34.6. The van der Waals surface area contributed by atoms with Crippen molar-refractivity contribution in [1.29, 1.82) is 0 Å². The van der Waals surface area contributed by atoms with Crippen LogP contribution in [-0.4, -0.2) is 153 Å². The van der Waals surface area contributed by atoms with Crippen LogP contribution in [0.4, 0.5) is 0 Å². The molecule has 8 heterocycles. The molecule has 8 aliphatic rings. The second-order valence-corrected chi connectivity index (χ2v) is 21.4. The van der Waals surface area contributed by atoms with Gasteiger partial charge in [0, 0.05) is 100 Å². The number of carbonyl (C=O) groups excluding carboxylic acids is 4. The van der Waals surface area contributed by atoms with Crippen LogP contribution < -0.4 is 0 Å². The van der Waals surface area contributed by atoms with Crippen LogP contribution in [0.1, 0.15) is 148 Å². The molecule has 10 atom stereocenters. The predicted octanol–water partition coefficient (Wildman–Crippen LogP) is 4.58. The molecule has 4 N–H and O–H groups in total. The van der Waals surface area contributed by atoms with Crippen LogP contribution in [-0.2, 0) is 45.0 Å². The molecule has 0 unspecified atom stereocenters. The van der Waals surface area contributed by atoms with Crippen LogP contribution in [0.5, 0.6) is 0 Å². The van der Waals surface area contributed by atoms with Crippen molar-refractivity contribution in [3.63, 3.8) is 0 Å². The van der Waals surface area contributed by atoms with E-state index in [9.17, 15) is 39.6 Å². The molecule has 4 saturated heterocycles. The fourth-order valence-corrected chi connectivity index (χ4v) is 12.9. The van der Waals surface area contributed by atoms with Crippen molar-refractivity contribution >= 4 is 23.9 Å². The summed E-state index contributed by atoms with van der Waals surface area (Å²) in [6.07, 6.45) is 0.580. The molecule has 0 amide bonds. The van der Waals surface area contributed by atoms with Gasteiger partial charge in [0.1, 0.15) is 25.4 Å². The Labute approximate surface area is 419 Å². The first kappa shape index (κ1) is 48.7. The maximum Gasteiger partial charge on any atom is 0.338 e. The summed E-state index contributed by atoms with van der Waals surface area (Å²) in [5, 5.41) is 44.0. The van der Waals surface area contributed by atoms with Crippen molar-refractivity contribution in [2.75, 3.05) is 52.4 Å². The number of fused-ring (bicyclic) bond motifs is 8. The number of benzene rings is 4. The summed E-state index contributed by atoms with van der Waals surface area (Å²) < 4.78 is 20.9. The lowest BCUT2D eigenvalue weighted by Gasteiger charge is -2.36. The number of cyclic esters (lactones) is 4. The molecule has 0 spiro atoms. The van der Waals surface area contributed by atoms with Gasteiger partial charge in [-0.2, -0.15) is 0 Å². The lowest BCUT2D eigenvalue weighted by molar-refractivity contribution is 0.0289. The zero-order valence-electron chi connectivity index (χ0n) is 41.3. The van der Waals surface area contributed by atoms with E-state index in [1.165, 1.54) is 0 Å². The Hall–Kier alpha value is -5.56. The van der Waals surface area contributed by atoms with Gasteiger partial charge in [0.15, 0.2) is 0 Å². The monoisotopic (exact) mass is 984 g/mol. The lowest BCUT2D eigenvalue weighted by atomic mass is 9.95. The van der Waals surface area contributed by atoms with Crippen LogP contribution in [0, 0.1) is 13.8 Å². The number of ether oxygens (including phenoxy) is 4. The molecule has 4 bridgehead atoms. The van der Waals surface area contributed by atoms with Gasteiger partial charge < -0.3 is 39.4 Å². The van der Waals surface area contributed by atoms with Crippen LogP contribution >= 0.6 is 0 Å². The van der Waals surface area contributed by atoms with E-state index < -0.39 is 24.4 Å². The molecule has 0 aromatic heterocycles. The number of rotatable bonds is 12. The third-order valence-corrected chi connectivity index (χ3v) is 16.8. The number of aliphatic hydroxyl groups is 4. The number of esters is 4. The molecule has 0 radical (unpaired) electrons. The largest absolute Gasteiger partial charge is 0.459 e. The molecule has 380 valence electrons. The number of carbonyl (C=O) groups is 4. The molecule has 72 heavy (non-hydrogen) atoms. The summed E-state index contributed by atoms with van der Waals surface area (Å²) in [5.41, 5.74) is 11.3. The van der Waals surface area contributed by atoms with Gasteiger partial charge in [-0.15, -0.1) is 0 Å². The summed E-state index contributed by atoms with van der Waals surface area (Å²) in [7, 11) is 0. The summed E-state index contributed by atoms with van der Waals surface area (Å²) in [4.78, 5) is 57.2. The topological polar surface area (TPSA) is 199 Å². The number of β-amino-alcohol motifs (C(OH)–C–C–N with tert-alkyl or cyclic N) is 4. The SMILES string of the molecule is Cc1c([C@@H](O)CN2C[C@@H]3C[C@H]2CN3C[C@@H](O)c2ccc3c(c2)C[C@@H](C)OC3=O)ccc2c1COC2=O.Cc1c([C@@H](O)CN2C[C@@H]3C[C@H]2CN3C[C@H](O)c2ccc3c(c2)C[C@@H](C)OC3=O)ccc2c1COC2=O. The zero-order chi connectivity index (χ0) is 50.3. The molecule has 4 fully saturated rings. The van der Waals surface area contributed by atoms with Gasteiger partial charge in [-0.25, -0.2) is 19.2 Å². The molecular weight excluding hydrogens is 921 g/mol. The normalized spacial score (nSPS) is 26.9. The van der Waals surface area contributed by atoms with Crippen LogP contribution in [0.3, 0.4) is 0 Å². The van der Waals surface area contributed by atoms with Crippen molar-refractivity contribution in [3.8, 4) is 0 Å². The van der Waals surface area contributed by atoms with Crippen molar-refractivity contribution in [2.45, 2.75) is 127 Å². The molecule has 4 aromatic carbocycles. The van der Waals surface area contributed by atoms with Gasteiger partial charge in [-0.05, 0) is 109 Å². The van der Waals surface area contributed by atoms with Crippen LogP contribution in [0.25, 0.3) is 0 Å². The third kappa shape index (κ3) is 9.14. The minimum absolute atomic E-state index is 0.149. The average Bonchev–Trinajstić information content (AvgIpc) is 4.23. The second kappa shape index (κ2) is 19.4. The number of hydrogen-bond acceptors (Lipinski definition) is 16. The first-order valence-corrected chi connectivity index (χ1v) is 25.5. The molecule has 12 rings (SSSR count). The predicted molar refractivity (Wildman–Crippen MR) is 261 cm³/mol. The molecule has 8 aliphatic heterocycles. The van der Waals surface area contributed by atoms with Crippen molar-refractivity contribution in [1.82, 2.24) is 19.6 Å². The zero-order valence-corrected chi connectivity index (χ0v) is 41.3. The van der Waals surface area contributed by atoms with Crippen molar-refractivity contribution in [2.24, 2.45) is 0 Å². The quantitative estimate of drug-likeness (QED) is 0.114. The second-order valence-electron chi connectivity index (χ2n) is 21.4. The summed E-state index contributed by atoms with van der Waals surface area (Å²) in [5.74, 6) is -1.16. The van der Waals surface area contributed by atoms with Gasteiger partial charge in [0.2, 0.25) is 0 Å². The first-order valence-electron chi connectivity index (χ1n) is 25.5. The third-order valence-electron chi connectivity index (χ3n) is 16.8. The summed E-state index contributed by atoms with van der Waals surface area (Å²) >= 11 is 0. The smallest absolute Gasteiger partial charge is 0.338 e. The Morgan fingerprint density at radius 1 is 0.486 bits per heavy atom. The minimum Gasteiger partial charge on any atom is -0.459 e. The van der Waals surface area contributed by atoms with Crippen LogP contribution in [0.2, 0.25) is 0 Å². The Morgan fingerprint density at radius 2 is 0.833 bits per heavy atom. The van der Waals surface area contributed by atoms with E-state index in [2.05, 4.69) is 19.6 Å². The Kier molecular flexibility index (Phi) is 13.1. The Bertz CT molecular complexity index is 2650. The molecule has 0 saturated carbocycles. The molecule has 16 heteroatoms. The van der Waals surface area contributed by atoms with Crippen LogP contribution in [0.15, 0.2) is 60.7 Å². The number of aliphatic hydroxyl groups excluding tert-OH is 4. The van der Waals surface area contributed by atoms with E-state index in [0.717, 1.165) is 94.7 Å². The highest BCUT2D eigenvalue weighted by Gasteiger charge is 2.46. The highest BCUT2D eigenvalue weighted by Crippen LogP contribution is 2.38. The van der Waals surface area contributed by atoms with Gasteiger partial charge in [-0.1, -0.05) is 36.4 Å². The highest BCUT2D eigenvalue weighted by atomic mass is 16.6. The Morgan fingerprint density at radius 3 is 1.19 bits per heavy atom. The molecule has 0 aliphatic carbocycles. The molecule has 4 aromatic rings.